The lowest BCUT2D eigenvalue weighted by Gasteiger charge is -2.18. The van der Waals surface area contributed by atoms with Crippen molar-refractivity contribution < 1.29 is 13.2 Å². The van der Waals surface area contributed by atoms with Crippen LogP contribution in [0.25, 0.3) is 10.7 Å². The van der Waals surface area contributed by atoms with Crippen molar-refractivity contribution in [2.24, 2.45) is 0 Å². The van der Waals surface area contributed by atoms with E-state index in [-0.39, 0.29) is 4.90 Å². The van der Waals surface area contributed by atoms with Crippen molar-refractivity contribution in [3.8, 4) is 10.7 Å². The molecular formula is C18H19N5O3S2. The van der Waals surface area contributed by atoms with Crippen molar-refractivity contribution in [1.29, 1.82) is 0 Å². The van der Waals surface area contributed by atoms with Gasteiger partial charge in [0.1, 0.15) is 5.69 Å². The number of hydrogen-bond donors (Lipinski definition) is 1. The van der Waals surface area contributed by atoms with Gasteiger partial charge < -0.3 is 0 Å². The van der Waals surface area contributed by atoms with Gasteiger partial charge in [-0.1, -0.05) is 31.3 Å². The van der Waals surface area contributed by atoms with Gasteiger partial charge in [0, 0.05) is 24.8 Å². The van der Waals surface area contributed by atoms with E-state index >= 15 is 0 Å². The first-order valence-corrected chi connectivity index (χ1v) is 10.9. The maximum Gasteiger partial charge on any atom is 0.257 e. The molecule has 0 aliphatic rings. The highest BCUT2D eigenvalue weighted by atomic mass is 32.2. The van der Waals surface area contributed by atoms with Gasteiger partial charge in [0.05, 0.1) is 4.90 Å². The van der Waals surface area contributed by atoms with E-state index in [9.17, 15) is 13.2 Å². The van der Waals surface area contributed by atoms with Gasteiger partial charge in [-0.2, -0.15) is 4.31 Å². The normalized spacial score (nSPS) is 11.5. The molecule has 146 valence electrons. The van der Waals surface area contributed by atoms with Crippen LogP contribution in [0, 0.1) is 0 Å². The summed E-state index contributed by atoms with van der Waals surface area (Å²) in [7, 11) is -3.56. The van der Waals surface area contributed by atoms with Crippen LogP contribution >= 0.6 is 11.3 Å². The number of rotatable bonds is 7. The molecule has 2 heterocycles. The van der Waals surface area contributed by atoms with E-state index in [1.807, 2.05) is 6.07 Å². The molecule has 0 fully saturated rings. The summed E-state index contributed by atoms with van der Waals surface area (Å²) < 4.78 is 26.4. The summed E-state index contributed by atoms with van der Waals surface area (Å²) in [6.07, 6.45) is 1.66. The number of anilines is 1. The van der Waals surface area contributed by atoms with Crippen molar-refractivity contribution >= 4 is 32.4 Å². The summed E-state index contributed by atoms with van der Waals surface area (Å²) in [5, 5.41) is 11.6. The third-order valence-electron chi connectivity index (χ3n) is 3.99. The number of amides is 1. The molecule has 28 heavy (non-hydrogen) atoms. The van der Waals surface area contributed by atoms with E-state index in [1.54, 1.807) is 32.2 Å². The van der Waals surface area contributed by atoms with E-state index in [0.29, 0.717) is 34.5 Å². The minimum atomic E-state index is -3.56. The zero-order valence-corrected chi connectivity index (χ0v) is 17.0. The van der Waals surface area contributed by atoms with Gasteiger partial charge in [-0.3, -0.25) is 15.1 Å². The Hall–Kier alpha value is -2.69. The third-order valence-corrected chi connectivity index (χ3v) is 6.91. The number of nitrogens with zero attached hydrogens (tertiary/aromatic N) is 4. The Labute approximate surface area is 167 Å². The fourth-order valence-corrected chi connectivity index (χ4v) is 4.70. The number of benzene rings is 1. The maximum atomic E-state index is 12.5. The summed E-state index contributed by atoms with van der Waals surface area (Å²) in [4.78, 5) is 16.8. The Morgan fingerprint density at radius 3 is 2.39 bits per heavy atom. The molecule has 0 saturated carbocycles. The standard InChI is InChI=1S/C18H19N5O3S2/c1-3-23(4-2)28(25,26)14-10-8-13(9-11-14)16(24)20-18-22-21-17(27-18)15-7-5-6-12-19-15/h5-12H,3-4H2,1-2H3,(H,20,22,24). The van der Waals surface area contributed by atoms with Gasteiger partial charge in [-0.15, -0.1) is 10.2 Å². The highest BCUT2D eigenvalue weighted by molar-refractivity contribution is 7.89. The molecule has 1 amide bonds. The van der Waals surface area contributed by atoms with E-state index in [4.69, 9.17) is 0 Å². The molecule has 0 radical (unpaired) electrons. The van der Waals surface area contributed by atoms with Gasteiger partial charge in [-0.05, 0) is 36.4 Å². The van der Waals surface area contributed by atoms with Gasteiger partial charge in [0.25, 0.3) is 5.91 Å². The maximum absolute atomic E-state index is 12.5. The van der Waals surface area contributed by atoms with Crippen LogP contribution in [0.1, 0.15) is 24.2 Å². The number of hydrogen-bond acceptors (Lipinski definition) is 7. The molecule has 0 bridgehead atoms. The molecule has 2 aromatic heterocycles. The molecular weight excluding hydrogens is 398 g/mol. The lowest BCUT2D eigenvalue weighted by atomic mass is 10.2. The highest BCUT2D eigenvalue weighted by Crippen LogP contribution is 2.25. The predicted octanol–water partition coefficient (Wildman–Crippen LogP) is 2.88. The Bertz CT molecular complexity index is 1050. The first-order chi connectivity index (χ1) is 13.5. The van der Waals surface area contributed by atoms with Crippen molar-refractivity contribution in [3.63, 3.8) is 0 Å². The molecule has 0 unspecified atom stereocenters. The number of carbonyl (C=O) groups excluding carboxylic acids is 1. The Kier molecular flexibility index (Phi) is 6.12. The number of nitrogens with one attached hydrogen (secondary N) is 1. The van der Waals surface area contributed by atoms with Gasteiger partial charge in [0.15, 0.2) is 5.01 Å². The van der Waals surface area contributed by atoms with Crippen LogP contribution in [0.5, 0.6) is 0 Å². The SMILES string of the molecule is CCN(CC)S(=O)(=O)c1ccc(C(=O)Nc2nnc(-c3ccccn3)s2)cc1. The molecule has 0 saturated heterocycles. The first kappa shape index (κ1) is 20.1. The minimum Gasteiger partial charge on any atom is -0.296 e. The molecule has 3 rings (SSSR count). The Morgan fingerprint density at radius 1 is 1.07 bits per heavy atom. The fourth-order valence-electron chi connectivity index (χ4n) is 2.53. The average molecular weight is 418 g/mol. The molecule has 0 atom stereocenters. The van der Waals surface area contributed by atoms with Crippen molar-refractivity contribution in [3.05, 3.63) is 54.2 Å². The van der Waals surface area contributed by atoms with Crippen LogP contribution in [0.15, 0.2) is 53.6 Å². The largest absolute Gasteiger partial charge is 0.296 e. The molecule has 1 aromatic carbocycles. The van der Waals surface area contributed by atoms with Crippen molar-refractivity contribution in [1.82, 2.24) is 19.5 Å². The van der Waals surface area contributed by atoms with Gasteiger partial charge in [-0.25, -0.2) is 8.42 Å². The Morgan fingerprint density at radius 2 is 1.79 bits per heavy atom. The summed E-state index contributed by atoms with van der Waals surface area (Å²) in [6, 6.07) is 11.3. The second kappa shape index (κ2) is 8.55. The Balaban J connectivity index is 1.73. The molecule has 0 spiro atoms. The summed E-state index contributed by atoms with van der Waals surface area (Å²) in [5.74, 6) is -0.393. The topological polar surface area (TPSA) is 105 Å². The zero-order chi connectivity index (χ0) is 20.1. The lowest BCUT2D eigenvalue weighted by Crippen LogP contribution is -2.30. The van der Waals surface area contributed by atoms with Gasteiger partial charge >= 0.3 is 0 Å². The second-order valence-corrected chi connectivity index (χ2v) is 8.61. The monoisotopic (exact) mass is 417 g/mol. The zero-order valence-electron chi connectivity index (χ0n) is 15.4. The molecule has 0 aliphatic heterocycles. The van der Waals surface area contributed by atoms with Crippen LogP contribution < -0.4 is 5.32 Å². The fraction of sp³-hybridized carbons (Fsp3) is 0.222. The van der Waals surface area contributed by atoms with Crippen molar-refractivity contribution in [2.75, 3.05) is 18.4 Å². The third kappa shape index (κ3) is 4.24. The van der Waals surface area contributed by atoms with Crippen LogP contribution in [0.2, 0.25) is 0 Å². The number of pyridine rings is 1. The molecule has 0 aliphatic carbocycles. The van der Waals surface area contributed by atoms with E-state index < -0.39 is 15.9 Å². The van der Waals surface area contributed by atoms with Crippen LogP contribution in [-0.2, 0) is 10.0 Å². The molecule has 3 aromatic rings. The smallest absolute Gasteiger partial charge is 0.257 e. The lowest BCUT2D eigenvalue weighted by molar-refractivity contribution is 0.102. The van der Waals surface area contributed by atoms with Crippen molar-refractivity contribution in [2.45, 2.75) is 18.7 Å². The summed E-state index contributed by atoms with van der Waals surface area (Å²) in [5.41, 5.74) is 1.000. The van der Waals surface area contributed by atoms with Crippen LogP contribution in [0.3, 0.4) is 0 Å². The summed E-state index contributed by atoms with van der Waals surface area (Å²) in [6.45, 7) is 4.34. The number of aromatic nitrogens is 3. The number of sulfonamides is 1. The minimum absolute atomic E-state index is 0.154. The predicted molar refractivity (Wildman–Crippen MR) is 108 cm³/mol. The molecule has 8 nitrogen and oxygen atoms in total. The first-order valence-electron chi connectivity index (χ1n) is 8.62. The van der Waals surface area contributed by atoms with Gasteiger partial charge in [0.2, 0.25) is 15.2 Å². The molecule has 1 N–H and O–H groups in total. The quantitative estimate of drug-likeness (QED) is 0.634. The van der Waals surface area contributed by atoms with E-state index in [2.05, 4.69) is 20.5 Å². The molecule has 10 heteroatoms. The van der Waals surface area contributed by atoms with E-state index in [0.717, 1.165) is 0 Å². The average Bonchev–Trinajstić information content (AvgIpc) is 3.18. The van der Waals surface area contributed by atoms with Crippen LogP contribution in [-0.4, -0.2) is 46.9 Å². The summed E-state index contributed by atoms with van der Waals surface area (Å²) >= 11 is 1.21. The van der Waals surface area contributed by atoms with E-state index in [1.165, 1.54) is 39.9 Å². The number of carbonyl (C=O) groups is 1. The highest BCUT2D eigenvalue weighted by Gasteiger charge is 2.22. The second-order valence-electron chi connectivity index (χ2n) is 5.70. The van der Waals surface area contributed by atoms with Crippen LogP contribution in [0.4, 0.5) is 5.13 Å².